The normalized spacial score (nSPS) is 11.6. The zero-order chi connectivity index (χ0) is 27.3. The smallest absolute Gasteiger partial charge is 0.118 e. The highest BCUT2D eigenvalue weighted by Gasteiger charge is 2.15. The van der Waals surface area contributed by atoms with Gasteiger partial charge in [-0.3, -0.25) is 0 Å². The first-order valence-electron chi connectivity index (χ1n) is 13.4. The molecule has 0 N–H and O–H groups in total. The van der Waals surface area contributed by atoms with Crippen molar-refractivity contribution in [2.24, 2.45) is 0 Å². The highest BCUT2D eigenvalue weighted by atomic mass is 16.5. The van der Waals surface area contributed by atoms with E-state index in [9.17, 15) is 0 Å². The van der Waals surface area contributed by atoms with Crippen LogP contribution in [0.5, 0.6) is 11.5 Å². The molecule has 0 atom stereocenters. The maximum absolute atomic E-state index is 5.34. The number of hydrogen-bond acceptors (Lipinski definition) is 2. The minimum atomic E-state index is 0.854. The summed E-state index contributed by atoms with van der Waals surface area (Å²) in [5.74, 6) is 1.71. The highest BCUT2D eigenvalue weighted by molar-refractivity contribution is 6.11. The van der Waals surface area contributed by atoms with Gasteiger partial charge >= 0.3 is 0 Å². The van der Waals surface area contributed by atoms with Crippen LogP contribution >= 0.6 is 0 Å². The van der Waals surface area contributed by atoms with Gasteiger partial charge in [0.05, 0.1) is 14.2 Å². The van der Waals surface area contributed by atoms with Gasteiger partial charge in [0.1, 0.15) is 11.5 Å². The maximum Gasteiger partial charge on any atom is 0.118 e. The third-order valence-corrected chi connectivity index (χ3v) is 7.31. The van der Waals surface area contributed by atoms with Gasteiger partial charge in [0.2, 0.25) is 0 Å². The molecule has 0 saturated heterocycles. The van der Waals surface area contributed by atoms with Crippen molar-refractivity contribution in [3.63, 3.8) is 0 Å². The molecule has 6 rings (SSSR count). The molecular formula is C38H30O2. The predicted molar refractivity (Wildman–Crippen MR) is 171 cm³/mol. The lowest BCUT2D eigenvalue weighted by molar-refractivity contribution is 0.414. The van der Waals surface area contributed by atoms with Crippen LogP contribution < -0.4 is 9.47 Å². The summed E-state index contributed by atoms with van der Waals surface area (Å²) >= 11 is 0. The van der Waals surface area contributed by atoms with Crippen LogP contribution in [0.2, 0.25) is 0 Å². The van der Waals surface area contributed by atoms with Gasteiger partial charge in [-0.2, -0.15) is 0 Å². The van der Waals surface area contributed by atoms with Crippen LogP contribution in [0.4, 0.5) is 0 Å². The van der Waals surface area contributed by atoms with E-state index < -0.39 is 0 Å². The molecule has 0 aliphatic rings. The van der Waals surface area contributed by atoms with Crippen molar-refractivity contribution in [2.45, 2.75) is 0 Å². The van der Waals surface area contributed by atoms with Crippen LogP contribution in [0.15, 0.2) is 121 Å². The molecule has 0 radical (unpaired) electrons. The molecule has 6 aromatic carbocycles. The zero-order valence-corrected chi connectivity index (χ0v) is 22.7. The second-order valence-electron chi connectivity index (χ2n) is 9.71. The topological polar surface area (TPSA) is 18.5 Å². The van der Waals surface area contributed by atoms with E-state index >= 15 is 0 Å². The summed E-state index contributed by atoms with van der Waals surface area (Å²) in [6.45, 7) is 0. The predicted octanol–water partition coefficient (Wildman–Crippen LogP) is 10.0. The number of fused-ring (bicyclic) bond motifs is 2. The van der Waals surface area contributed by atoms with E-state index in [1.54, 1.807) is 14.2 Å². The molecule has 2 heteroatoms. The minimum absolute atomic E-state index is 0.854. The molecule has 0 heterocycles. The molecule has 0 fully saturated rings. The van der Waals surface area contributed by atoms with Crippen molar-refractivity contribution < 1.29 is 9.47 Å². The first-order chi connectivity index (χ1) is 19.7. The standard InChI is InChI=1S/C38H30O2/c1-39-33-23-13-27(14-24-33)11-17-31-21-19-29-7-3-5-9-35(29)37(31)38-32(22-20-30-8-4-6-10-36(30)38)18-12-28-15-25-34(40-2)26-16-28/h3-26H,1-2H3/b17-11+,18-12+. The fourth-order valence-corrected chi connectivity index (χ4v) is 5.21. The van der Waals surface area contributed by atoms with E-state index in [0.717, 1.165) is 22.6 Å². The van der Waals surface area contributed by atoms with Crippen molar-refractivity contribution in [1.82, 2.24) is 0 Å². The number of benzene rings is 6. The van der Waals surface area contributed by atoms with Gasteiger partial charge in [-0.05, 0) is 79.2 Å². The van der Waals surface area contributed by atoms with Crippen LogP contribution in [0.25, 0.3) is 57.0 Å². The van der Waals surface area contributed by atoms with Crippen molar-refractivity contribution in [3.05, 3.63) is 144 Å². The monoisotopic (exact) mass is 518 g/mol. The van der Waals surface area contributed by atoms with Crippen LogP contribution in [-0.4, -0.2) is 14.2 Å². The Kier molecular flexibility index (Phi) is 7.15. The van der Waals surface area contributed by atoms with Gasteiger partial charge in [0.25, 0.3) is 0 Å². The number of hydrogen-bond donors (Lipinski definition) is 0. The van der Waals surface area contributed by atoms with Gasteiger partial charge in [-0.1, -0.05) is 121 Å². The summed E-state index contributed by atoms with van der Waals surface area (Å²) in [5, 5.41) is 4.90. The average molecular weight is 519 g/mol. The second-order valence-corrected chi connectivity index (χ2v) is 9.71. The fourth-order valence-electron chi connectivity index (χ4n) is 5.21. The van der Waals surface area contributed by atoms with E-state index in [-0.39, 0.29) is 0 Å². The Labute approximate surface area is 235 Å². The summed E-state index contributed by atoms with van der Waals surface area (Å²) in [4.78, 5) is 0. The molecule has 0 aliphatic heterocycles. The minimum Gasteiger partial charge on any atom is -0.497 e. The van der Waals surface area contributed by atoms with Crippen molar-refractivity contribution in [1.29, 1.82) is 0 Å². The number of ether oxygens (including phenoxy) is 2. The first-order valence-corrected chi connectivity index (χ1v) is 13.4. The Bertz CT molecular complexity index is 1700. The van der Waals surface area contributed by atoms with E-state index in [1.165, 1.54) is 43.8 Å². The van der Waals surface area contributed by atoms with Gasteiger partial charge in [-0.25, -0.2) is 0 Å². The summed E-state index contributed by atoms with van der Waals surface area (Å²) in [6, 6.07) is 42.5. The van der Waals surface area contributed by atoms with Crippen molar-refractivity contribution in [2.75, 3.05) is 14.2 Å². The molecule has 0 amide bonds. The maximum atomic E-state index is 5.34. The lowest BCUT2D eigenvalue weighted by atomic mass is 9.86. The third kappa shape index (κ3) is 5.12. The lowest BCUT2D eigenvalue weighted by Gasteiger charge is -2.17. The summed E-state index contributed by atoms with van der Waals surface area (Å²) in [7, 11) is 3.38. The quantitative estimate of drug-likeness (QED) is 0.196. The Morgan fingerprint density at radius 2 is 0.800 bits per heavy atom. The first kappa shape index (κ1) is 25.2. The molecule has 0 unspecified atom stereocenters. The van der Waals surface area contributed by atoms with Crippen LogP contribution in [0.3, 0.4) is 0 Å². The second kappa shape index (κ2) is 11.3. The molecule has 0 aliphatic carbocycles. The van der Waals surface area contributed by atoms with E-state index in [1.807, 2.05) is 24.3 Å². The van der Waals surface area contributed by atoms with E-state index in [0.29, 0.717) is 0 Å². The van der Waals surface area contributed by atoms with Crippen LogP contribution in [-0.2, 0) is 0 Å². The van der Waals surface area contributed by atoms with Gasteiger partial charge in [0, 0.05) is 0 Å². The lowest BCUT2D eigenvalue weighted by Crippen LogP contribution is -1.92. The van der Waals surface area contributed by atoms with Crippen molar-refractivity contribution in [3.8, 4) is 22.6 Å². The van der Waals surface area contributed by atoms with Crippen molar-refractivity contribution >= 4 is 45.8 Å². The van der Waals surface area contributed by atoms with Gasteiger partial charge in [0.15, 0.2) is 0 Å². The fraction of sp³-hybridized carbons (Fsp3) is 0.0526. The van der Waals surface area contributed by atoms with Gasteiger partial charge < -0.3 is 9.47 Å². The Hall–Kier alpha value is -5.08. The van der Waals surface area contributed by atoms with E-state index in [4.69, 9.17) is 9.47 Å². The Morgan fingerprint density at radius 3 is 1.20 bits per heavy atom. The molecule has 0 aromatic heterocycles. The summed E-state index contributed by atoms with van der Waals surface area (Å²) in [5.41, 5.74) is 7.05. The van der Waals surface area contributed by atoms with Crippen LogP contribution in [0.1, 0.15) is 22.3 Å². The highest BCUT2D eigenvalue weighted by Crippen LogP contribution is 2.40. The van der Waals surface area contributed by atoms with Gasteiger partial charge in [-0.15, -0.1) is 0 Å². The summed E-state index contributed by atoms with van der Waals surface area (Å²) < 4.78 is 10.7. The SMILES string of the molecule is COc1ccc(/C=C/c2ccc3ccccc3c2-c2c(/C=C/c3ccc(OC)cc3)ccc3ccccc23)cc1. The van der Waals surface area contributed by atoms with Crippen LogP contribution in [0, 0.1) is 0 Å². The zero-order valence-electron chi connectivity index (χ0n) is 22.7. The molecule has 194 valence electrons. The average Bonchev–Trinajstić information content (AvgIpc) is 3.03. The Morgan fingerprint density at radius 1 is 0.400 bits per heavy atom. The largest absolute Gasteiger partial charge is 0.497 e. The van der Waals surface area contributed by atoms with E-state index in [2.05, 4.69) is 121 Å². The number of rotatable bonds is 7. The molecule has 0 saturated carbocycles. The molecule has 6 aromatic rings. The Balaban J connectivity index is 1.56. The summed E-state index contributed by atoms with van der Waals surface area (Å²) in [6.07, 6.45) is 8.79. The molecule has 0 spiro atoms. The molecule has 40 heavy (non-hydrogen) atoms. The third-order valence-electron chi connectivity index (χ3n) is 7.31. The molecular weight excluding hydrogens is 488 g/mol. The molecule has 0 bridgehead atoms. The number of methoxy groups -OCH3 is 2. The molecule has 2 nitrogen and oxygen atoms in total.